The third-order valence-electron chi connectivity index (χ3n) is 1.78. The lowest BCUT2D eigenvalue weighted by atomic mass is 10.2. The summed E-state index contributed by atoms with van der Waals surface area (Å²) in [4.78, 5) is 3.56. The lowest BCUT2D eigenvalue weighted by molar-refractivity contribution is -0.275. The summed E-state index contributed by atoms with van der Waals surface area (Å²) in [6.07, 6.45) is -3.95. The van der Waals surface area contributed by atoms with Gasteiger partial charge in [0.25, 0.3) is 0 Å². The van der Waals surface area contributed by atoms with Crippen molar-refractivity contribution in [2.45, 2.75) is 12.9 Å². The minimum atomic E-state index is -4.81. The van der Waals surface area contributed by atoms with Crippen LogP contribution in [0, 0.1) is 0 Å². The van der Waals surface area contributed by atoms with Crippen LogP contribution in [0.25, 0.3) is 0 Å². The van der Waals surface area contributed by atoms with Gasteiger partial charge in [0.15, 0.2) is 5.75 Å². The third-order valence-corrected chi connectivity index (χ3v) is 1.78. The van der Waals surface area contributed by atoms with Gasteiger partial charge in [-0.15, -0.1) is 13.2 Å². The van der Waals surface area contributed by atoms with Crippen LogP contribution in [-0.2, 0) is 6.54 Å². The largest absolute Gasteiger partial charge is 0.573 e. The molecule has 5 nitrogen and oxygen atoms in total. The highest BCUT2D eigenvalue weighted by molar-refractivity contribution is 5.59. The second-order valence-electron chi connectivity index (χ2n) is 2.78. The van der Waals surface area contributed by atoms with Crippen molar-refractivity contribution in [2.24, 2.45) is 5.73 Å². The number of ether oxygens (including phenoxy) is 2. The van der Waals surface area contributed by atoms with Crippen molar-refractivity contribution in [3.05, 3.63) is 11.8 Å². The zero-order valence-electron chi connectivity index (χ0n) is 8.34. The van der Waals surface area contributed by atoms with Gasteiger partial charge in [-0.2, -0.15) is 0 Å². The Balaban J connectivity index is 3.16. The summed E-state index contributed by atoms with van der Waals surface area (Å²) in [5, 5.41) is 0. The molecule has 0 aromatic carbocycles. The molecular formula is C8H10F3N3O2. The zero-order chi connectivity index (χ0) is 12.3. The summed E-state index contributed by atoms with van der Waals surface area (Å²) in [6, 6.07) is 0. The minimum absolute atomic E-state index is 0.00387. The molecule has 0 spiro atoms. The summed E-state index contributed by atoms with van der Waals surface area (Å²) in [7, 11) is 1.29. The van der Waals surface area contributed by atoms with Crippen LogP contribution in [0.1, 0.15) is 5.56 Å². The molecule has 90 valence electrons. The van der Waals surface area contributed by atoms with Gasteiger partial charge in [0, 0.05) is 12.1 Å². The Morgan fingerprint density at radius 1 is 1.44 bits per heavy atom. The highest BCUT2D eigenvalue weighted by Crippen LogP contribution is 2.33. The first-order chi connectivity index (χ1) is 7.39. The van der Waals surface area contributed by atoms with E-state index in [-0.39, 0.29) is 23.7 Å². The lowest BCUT2D eigenvalue weighted by Crippen LogP contribution is -2.19. The number of anilines is 1. The van der Waals surface area contributed by atoms with Crippen molar-refractivity contribution in [2.75, 3.05) is 12.8 Å². The molecule has 0 aliphatic carbocycles. The van der Waals surface area contributed by atoms with Crippen LogP contribution in [0.2, 0.25) is 0 Å². The molecule has 1 aromatic rings. The number of nitrogen functional groups attached to an aromatic ring is 1. The number of hydrogen-bond donors (Lipinski definition) is 2. The van der Waals surface area contributed by atoms with E-state index in [1.54, 1.807) is 0 Å². The maximum absolute atomic E-state index is 12.0. The fourth-order valence-corrected chi connectivity index (χ4v) is 1.11. The molecule has 0 radical (unpaired) electrons. The molecule has 4 N–H and O–H groups in total. The summed E-state index contributed by atoms with van der Waals surface area (Å²) in [5.41, 5.74) is 10.7. The average Bonchev–Trinajstić information content (AvgIpc) is 2.16. The molecule has 0 fully saturated rings. The van der Waals surface area contributed by atoms with Gasteiger partial charge in [-0.05, 0) is 0 Å². The Hall–Kier alpha value is -1.70. The van der Waals surface area contributed by atoms with E-state index in [0.29, 0.717) is 0 Å². The first-order valence-electron chi connectivity index (χ1n) is 4.16. The van der Waals surface area contributed by atoms with Crippen LogP contribution in [0.5, 0.6) is 11.6 Å². The Kier molecular flexibility index (Phi) is 3.43. The van der Waals surface area contributed by atoms with E-state index < -0.39 is 12.1 Å². The molecule has 0 aliphatic heterocycles. The van der Waals surface area contributed by atoms with Crippen molar-refractivity contribution >= 4 is 5.69 Å². The summed E-state index contributed by atoms with van der Waals surface area (Å²) in [5.74, 6) is -0.511. The normalized spacial score (nSPS) is 11.3. The lowest BCUT2D eigenvalue weighted by Gasteiger charge is -2.14. The van der Waals surface area contributed by atoms with Crippen molar-refractivity contribution in [3.63, 3.8) is 0 Å². The maximum atomic E-state index is 12.0. The SMILES string of the molecule is COc1ncc(OC(F)(F)F)c(CN)c1N. The third kappa shape index (κ3) is 2.66. The number of methoxy groups -OCH3 is 1. The van der Waals surface area contributed by atoms with E-state index in [0.717, 1.165) is 6.20 Å². The van der Waals surface area contributed by atoms with Gasteiger partial charge in [0.2, 0.25) is 5.88 Å². The molecule has 0 unspecified atom stereocenters. The Labute approximate surface area is 89.1 Å². The van der Waals surface area contributed by atoms with E-state index in [4.69, 9.17) is 16.2 Å². The van der Waals surface area contributed by atoms with Crippen LogP contribution in [0.15, 0.2) is 6.20 Å². The fourth-order valence-electron chi connectivity index (χ4n) is 1.11. The van der Waals surface area contributed by atoms with Gasteiger partial charge in [0.1, 0.15) is 5.69 Å². The van der Waals surface area contributed by atoms with Crippen LogP contribution in [-0.4, -0.2) is 18.5 Å². The Morgan fingerprint density at radius 2 is 2.06 bits per heavy atom. The molecular weight excluding hydrogens is 227 g/mol. The standard InChI is InChI=1S/C8H10F3N3O2/c1-15-7-6(13)4(2-12)5(3-14-7)16-8(9,10)11/h3H,2,12-13H2,1H3. The summed E-state index contributed by atoms with van der Waals surface area (Å²) < 4.78 is 44.5. The van der Waals surface area contributed by atoms with Crippen LogP contribution in [0.3, 0.4) is 0 Å². The van der Waals surface area contributed by atoms with Crippen molar-refractivity contribution in [1.29, 1.82) is 0 Å². The molecule has 8 heteroatoms. The second kappa shape index (κ2) is 4.44. The number of alkyl halides is 3. The second-order valence-corrected chi connectivity index (χ2v) is 2.78. The number of rotatable bonds is 3. The highest BCUT2D eigenvalue weighted by Gasteiger charge is 2.32. The van der Waals surface area contributed by atoms with Gasteiger partial charge in [-0.25, -0.2) is 4.98 Å². The molecule has 16 heavy (non-hydrogen) atoms. The van der Waals surface area contributed by atoms with E-state index in [9.17, 15) is 13.2 Å². The summed E-state index contributed by atoms with van der Waals surface area (Å²) >= 11 is 0. The quantitative estimate of drug-likeness (QED) is 0.820. The number of halogens is 3. The van der Waals surface area contributed by atoms with E-state index in [2.05, 4.69) is 9.72 Å². The molecule has 1 rings (SSSR count). The Morgan fingerprint density at radius 3 is 2.50 bits per heavy atom. The topological polar surface area (TPSA) is 83.4 Å². The van der Waals surface area contributed by atoms with Gasteiger partial charge in [-0.1, -0.05) is 0 Å². The zero-order valence-corrected chi connectivity index (χ0v) is 8.34. The number of aromatic nitrogens is 1. The molecule has 1 heterocycles. The van der Waals surface area contributed by atoms with Gasteiger partial charge < -0.3 is 20.9 Å². The predicted molar refractivity (Wildman–Crippen MR) is 49.8 cm³/mol. The highest BCUT2D eigenvalue weighted by atomic mass is 19.4. The predicted octanol–water partition coefficient (Wildman–Crippen LogP) is 1.03. The molecule has 0 saturated carbocycles. The van der Waals surface area contributed by atoms with E-state index in [1.165, 1.54) is 7.11 Å². The number of nitrogens with two attached hydrogens (primary N) is 2. The van der Waals surface area contributed by atoms with Crippen molar-refractivity contribution in [3.8, 4) is 11.6 Å². The van der Waals surface area contributed by atoms with Gasteiger partial charge in [-0.3, -0.25) is 0 Å². The molecule has 0 amide bonds. The summed E-state index contributed by atoms with van der Waals surface area (Å²) in [6.45, 7) is -0.212. The van der Waals surface area contributed by atoms with Crippen molar-refractivity contribution < 1.29 is 22.6 Å². The number of nitrogens with zero attached hydrogens (tertiary/aromatic N) is 1. The first-order valence-corrected chi connectivity index (χ1v) is 4.16. The van der Waals surface area contributed by atoms with Crippen LogP contribution >= 0.6 is 0 Å². The molecule has 0 aliphatic rings. The van der Waals surface area contributed by atoms with Gasteiger partial charge >= 0.3 is 6.36 Å². The first kappa shape index (κ1) is 12.4. The van der Waals surface area contributed by atoms with E-state index >= 15 is 0 Å². The molecule has 1 aromatic heterocycles. The smallest absolute Gasteiger partial charge is 0.480 e. The molecule has 0 bridgehead atoms. The van der Waals surface area contributed by atoms with Crippen molar-refractivity contribution in [1.82, 2.24) is 4.98 Å². The Bertz CT molecular complexity index is 382. The van der Waals surface area contributed by atoms with Crippen LogP contribution in [0.4, 0.5) is 18.9 Å². The van der Waals surface area contributed by atoms with Crippen LogP contribution < -0.4 is 20.9 Å². The molecule has 0 atom stereocenters. The maximum Gasteiger partial charge on any atom is 0.573 e. The number of pyridine rings is 1. The number of hydrogen-bond acceptors (Lipinski definition) is 5. The average molecular weight is 237 g/mol. The molecule has 0 saturated heterocycles. The minimum Gasteiger partial charge on any atom is -0.480 e. The van der Waals surface area contributed by atoms with Gasteiger partial charge in [0.05, 0.1) is 13.3 Å². The van der Waals surface area contributed by atoms with E-state index in [1.807, 2.05) is 0 Å². The monoisotopic (exact) mass is 237 g/mol. The fraction of sp³-hybridized carbons (Fsp3) is 0.375.